The molecule has 1 aromatic carbocycles. The number of ether oxygens (including phenoxy) is 2. The standard InChI is InChI=1S/C12H11F6NO2/c13-11(14,15)20-7-3-4-8(10(19)6-1-2-6)9(5-7)21-12(16,17)18/h3-6,10H,1-2,19H2. The number of nitrogens with two attached hydrogens (primary N) is 1. The van der Waals surface area contributed by atoms with Gasteiger partial charge < -0.3 is 15.2 Å². The second-order valence-electron chi connectivity index (χ2n) is 4.66. The molecule has 2 N–H and O–H groups in total. The summed E-state index contributed by atoms with van der Waals surface area (Å²) in [5, 5.41) is 0. The Morgan fingerprint density at radius 1 is 1.00 bits per heavy atom. The predicted molar refractivity (Wildman–Crippen MR) is 59.5 cm³/mol. The van der Waals surface area contributed by atoms with Crippen molar-refractivity contribution in [1.82, 2.24) is 0 Å². The number of hydrogen-bond donors (Lipinski definition) is 1. The Balaban J connectivity index is 2.31. The summed E-state index contributed by atoms with van der Waals surface area (Å²) in [6.45, 7) is 0. The van der Waals surface area contributed by atoms with Crippen LogP contribution in [-0.4, -0.2) is 12.7 Å². The molecule has 9 heteroatoms. The van der Waals surface area contributed by atoms with Crippen LogP contribution in [0.15, 0.2) is 18.2 Å². The van der Waals surface area contributed by atoms with E-state index < -0.39 is 30.3 Å². The lowest BCUT2D eigenvalue weighted by molar-refractivity contribution is -0.276. The Bertz CT molecular complexity index is 509. The van der Waals surface area contributed by atoms with E-state index in [1.165, 1.54) is 0 Å². The lowest BCUT2D eigenvalue weighted by Gasteiger charge is -2.19. The first-order chi connectivity index (χ1) is 9.55. The van der Waals surface area contributed by atoms with Gasteiger partial charge in [0.05, 0.1) is 0 Å². The zero-order valence-corrected chi connectivity index (χ0v) is 10.5. The molecule has 2 rings (SSSR count). The molecular weight excluding hydrogens is 304 g/mol. The van der Waals surface area contributed by atoms with Crippen molar-refractivity contribution in [3.63, 3.8) is 0 Å². The molecule has 0 amide bonds. The third-order valence-corrected chi connectivity index (χ3v) is 2.93. The van der Waals surface area contributed by atoms with Crippen LogP contribution in [0.5, 0.6) is 11.5 Å². The van der Waals surface area contributed by atoms with E-state index in [1.54, 1.807) is 0 Å². The van der Waals surface area contributed by atoms with Gasteiger partial charge in [0.1, 0.15) is 11.5 Å². The highest BCUT2D eigenvalue weighted by Gasteiger charge is 2.37. The molecule has 1 saturated carbocycles. The van der Waals surface area contributed by atoms with Crippen molar-refractivity contribution in [2.45, 2.75) is 31.6 Å². The first-order valence-corrected chi connectivity index (χ1v) is 5.96. The van der Waals surface area contributed by atoms with Gasteiger partial charge in [0, 0.05) is 17.7 Å². The summed E-state index contributed by atoms with van der Waals surface area (Å²) >= 11 is 0. The van der Waals surface area contributed by atoms with E-state index in [1.807, 2.05) is 0 Å². The summed E-state index contributed by atoms with van der Waals surface area (Å²) in [5.74, 6) is -1.56. The first kappa shape index (κ1) is 15.7. The van der Waals surface area contributed by atoms with Gasteiger partial charge >= 0.3 is 12.7 Å². The third-order valence-electron chi connectivity index (χ3n) is 2.93. The molecule has 1 aliphatic rings. The van der Waals surface area contributed by atoms with Gasteiger partial charge in [-0.05, 0) is 24.8 Å². The van der Waals surface area contributed by atoms with E-state index in [9.17, 15) is 26.3 Å². The molecule has 1 aromatic rings. The average Bonchev–Trinajstić information content (AvgIpc) is 3.07. The van der Waals surface area contributed by atoms with Gasteiger partial charge in [-0.3, -0.25) is 0 Å². The summed E-state index contributed by atoms with van der Waals surface area (Å²) in [4.78, 5) is 0. The molecule has 0 aliphatic heterocycles. The Kier molecular flexibility index (Phi) is 3.96. The molecule has 0 spiro atoms. The van der Waals surface area contributed by atoms with Crippen molar-refractivity contribution in [2.24, 2.45) is 11.7 Å². The molecule has 0 radical (unpaired) electrons. The quantitative estimate of drug-likeness (QED) is 0.857. The molecule has 1 unspecified atom stereocenters. The van der Waals surface area contributed by atoms with Crippen LogP contribution in [0.4, 0.5) is 26.3 Å². The maximum Gasteiger partial charge on any atom is 0.573 e. The normalized spacial score (nSPS) is 17.5. The van der Waals surface area contributed by atoms with Gasteiger partial charge in [-0.25, -0.2) is 0 Å². The minimum atomic E-state index is -5.03. The number of halogens is 6. The molecule has 0 bridgehead atoms. The highest BCUT2D eigenvalue weighted by Crippen LogP contribution is 2.44. The number of hydrogen-bond acceptors (Lipinski definition) is 3. The lowest BCUT2D eigenvalue weighted by Crippen LogP contribution is -2.22. The highest BCUT2D eigenvalue weighted by atomic mass is 19.4. The van der Waals surface area contributed by atoms with Gasteiger partial charge in [-0.15, -0.1) is 26.3 Å². The van der Waals surface area contributed by atoms with Crippen molar-refractivity contribution in [3.8, 4) is 11.5 Å². The topological polar surface area (TPSA) is 44.5 Å². The van der Waals surface area contributed by atoms with E-state index >= 15 is 0 Å². The molecule has 21 heavy (non-hydrogen) atoms. The largest absolute Gasteiger partial charge is 0.573 e. The maximum atomic E-state index is 12.3. The van der Waals surface area contributed by atoms with Crippen LogP contribution in [0.25, 0.3) is 0 Å². The van der Waals surface area contributed by atoms with Crippen LogP contribution >= 0.6 is 0 Å². The Morgan fingerprint density at radius 3 is 2.05 bits per heavy atom. The zero-order valence-electron chi connectivity index (χ0n) is 10.5. The summed E-state index contributed by atoms with van der Waals surface area (Å²) in [5.41, 5.74) is 5.79. The molecule has 0 saturated heterocycles. The van der Waals surface area contributed by atoms with Crippen molar-refractivity contribution in [2.75, 3.05) is 0 Å². The Hall–Kier alpha value is -1.64. The zero-order chi connectivity index (χ0) is 15.8. The average molecular weight is 315 g/mol. The van der Waals surface area contributed by atoms with E-state index in [2.05, 4.69) is 9.47 Å². The molecule has 1 fully saturated rings. The van der Waals surface area contributed by atoms with E-state index in [-0.39, 0.29) is 11.5 Å². The Morgan fingerprint density at radius 2 is 1.57 bits per heavy atom. The van der Waals surface area contributed by atoms with Gasteiger partial charge in [-0.2, -0.15) is 0 Å². The second-order valence-corrected chi connectivity index (χ2v) is 4.66. The molecule has 0 aromatic heterocycles. The second kappa shape index (κ2) is 5.28. The summed E-state index contributed by atoms with van der Waals surface area (Å²) in [7, 11) is 0. The Labute approximate surface area is 115 Å². The van der Waals surface area contributed by atoms with Crippen molar-refractivity contribution >= 4 is 0 Å². The van der Waals surface area contributed by atoms with Crippen LogP contribution in [0.1, 0.15) is 24.4 Å². The highest BCUT2D eigenvalue weighted by molar-refractivity contribution is 5.43. The fourth-order valence-corrected chi connectivity index (χ4v) is 1.91. The van der Waals surface area contributed by atoms with Crippen molar-refractivity contribution in [1.29, 1.82) is 0 Å². The molecule has 1 aliphatic carbocycles. The number of alkyl halides is 6. The van der Waals surface area contributed by atoms with Gasteiger partial charge in [-0.1, -0.05) is 6.07 Å². The lowest BCUT2D eigenvalue weighted by atomic mass is 10.0. The molecule has 1 atom stereocenters. The van der Waals surface area contributed by atoms with E-state index in [0.717, 1.165) is 25.0 Å². The van der Waals surface area contributed by atoms with Crippen LogP contribution in [-0.2, 0) is 0 Å². The maximum absolute atomic E-state index is 12.3. The van der Waals surface area contributed by atoms with Gasteiger partial charge in [0.2, 0.25) is 0 Å². The number of benzene rings is 1. The SMILES string of the molecule is NC(c1ccc(OC(F)(F)F)cc1OC(F)(F)F)C1CC1. The third kappa shape index (κ3) is 4.69. The van der Waals surface area contributed by atoms with Gasteiger partial charge in [0.15, 0.2) is 0 Å². The van der Waals surface area contributed by atoms with E-state index in [0.29, 0.717) is 6.07 Å². The minimum absolute atomic E-state index is 0.00403. The monoisotopic (exact) mass is 315 g/mol. The van der Waals surface area contributed by atoms with Crippen molar-refractivity contribution < 1.29 is 35.8 Å². The van der Waals surface area contributed by atoms with E-state index in [4.69, 9.17) is 5.73 Å². The minimum Gasteiger partial charge on any atom is -0.406 e. The van der Waals surface area contributed by atoms with Gasteiger partial charge in [0.25, 0.3) is 0 Å². The summed E-state index contributed by atoms with van der Waals surface area (Å²) < 4.78 is 80.7. The van der Waals surface area contributed by atoms with Crippen LogP contribution in [0.2, 0.25) is 0 Å². The molecule has 118 valence electrons. The van der Waals surface area contributed by atoms with Crippen LogP contribution < -0.4 is 15.2 Å². The predicted octanol–water partition coefficient (Wildman–Crippen LogP) is 3.89. The molecule has 3 nitrogen and oxygen atoms in total. The summed E-state index contributed by atoms with van der Waals surface area (Å²) in [6.07, 6.45) is -8.52. The summed E-state index contributed by atoms with van der Waals surface area (Å²) in [6, 6.07) is 1.79. The van der Waals surface area contributed by atoms with Crippen LogP contribution in [0.3, 0.4) is 0 Å². The smallest absolute Gasteiger partial charge is 0.406 e. The fraction of sp³-hybridized carbons (Fsp3) is 0.500. The molecular formula is C12H11F6NO2. The first-order valence-electron chi connectivity index (χ1n) is 5.96. The van der Waals surface area contributed by atoms with Crippen molar-refractivity contribution in [3.05, 3.63) is 23.8 Å². The number of rotatable bonds is 4. The fourth-order valence-electron chi connectivity index (χ4n) is 1.91. The molecule has 0 heterocycles. The van der Waals surface area contributed by atoms with Crippen LogP contribution in [0, 0.1) is 5.92 Å².